The van der Waals surface area contributed by atoms with Crippen LogP contribution in [0.2, 0.25) is 0 Å². The Morgan fingerprint density at radius 2 is 1.60 bits per heavy atom. The predicted molar refractivity (Wildman–Crippen MR) is 147 cm³/mol. The number of para-hydroxylation sites is 2. The van der Waals surface area contributed by atoms with Crippen LogP contribution in [0, 0.1) is 0 Å². The summed E-state index contributed by atoms with van der Waals surface area (Å²) in [7, 11) is 4.76. The van der Waals surface area contributed by atoms with Crippen LogP contribution in [0.1, 0.15) is 13.3 Å². The molecular weight excluding hydrogens is 482 g/mol. The maximum atomic E-state index is 13.0. The van der Waals surface area contributed by atoms with E-state index in [-0.39, 0.29) is 11.2 Å². The van der Waals surface area contributed by atoms with Crippen molar-refractivity contribution in [1.29, 1.82) is 0 Å². The fourth-order valence-corrected chi connectivity index (χ4v) is 4.52. The number of thiocarbonyl (C=S) groups is 1. The van der Waals surface area contributed by atoms with Gasteiger partial charge in [-0.15, -0.1) is 11.8 Å². The van der Waals surface area contributed by atoms with Crippen LogP contribution in [-0.2, 0) is 4.79 Å². The maximum absolute atomic E-state index is 13.0. The monoisotopic (exact) mass is 511 g/mol. The molecule has 0 aromatic heterocycles. The minimum absolute atomic E-state index is 0.104. The van der Waals surface area contributed by atoms with Gasteiger partial charge in [-0.05, 0) is 61.1 Å². The number of benzene rings is 3. The Labute approximate surface area is 215 Å². The average molecular weight is 512 g/mol. The molecule has 1 atom stereocenters. The summed E-state index contributed by atoms with van der Waals surface area (Å²) in [6, 6.07) is 20.6. The number of ether oxygens (including phenoxy) is 3. The second-order valence-corrected chi connectivity index (χ2v) is 9.06. The van der Waals surface area contributed by atoms with Gasteiger partial charge in [-0.25, -0.2) is 0 Å². The summed E-state index contributed by atoms with van der Waals surface area (Å²) in [5.41, 5.74) is 2.18. The van der Waals surface area contributed by atoms with E-state index in [1.165, 1.54) is 11.8 Å². The third kappa shape index (κ3) is 7.27. The van der Waals surface area contributed by atoms with Gasteiger partial charge in [0.25, 0.3) is 0 Å². The van der Waals surface area contributed by atoms with E-state index in [1.807, 2.05) is 55.5 Å². The second-order valence-electron chi connectivity index (χ2n) is 7.38. The van der Waals surface area contributed by atoms with Gasteiger partial charge >= 0.3 is 0 Å². The van der Waals surface area contributed by atoms with Crippen molar-refractivity contribution in [3.63, 3.8) is 0 Å². The van der Waals surface area contributed by atoms with E-state index >= 15 is 0 Å². The number of carbonyl (C=O) groups is 1. The Morgan fingerprint density at radius 1 is 0.857 bits per heavy atom. The summed E-state index contributed by atoms with van der Waals surface area (Å²) >= 11 is 6.95. The van der Waals surface area contributed by atoms with E-state index in [2.05, 4.69) is 16.0 Å². The first-order valence-electron chi connectivity index (χ1n) is 11.0. The van der Waals surface area contributed by atoms with Gasteiger partial charge in [0.2, 0.25) is 5.91 Å². The smallest absolute Gasteiger partial charge is 0.237 e. The molecule has 0 aliphatic heterocycles. The highest BCUT2D eigenvalue weighted by molar-refractivity contribution is 8.00. The van der Waals surface area contributed by atoms with E-state index in [1.54, 1.807) is 39.5 Å². The van der Waals surface area contributed by atoms with Crippen molar-refractivity contribution in [2.24, 2.45) is 0 Å². The molecule has 0 spiro atoms. The molecule has 0 aliphatic rings. The van der Waals surface area contributed by atoms with Crippen LogP contribution in [0.3, 0.4) is 0 Å². The lowest BCUT2D eigenvalue weighted by molar-refractivity contribution is -0.115. The fraction of sp³-hybridized carbons (Fsp3) is 0.231. The largest absolute Gasteiger partial charge is 0.497 e. The van der Waals surface area contributed by atoms with Crippen molar-refractivity contribution in [2.75, 3.05) is 37.3 Å². The van der Waals surface area contributed by atoms with E-state index in [0.717, 1.165) is 16.3 Å². The molecule has 3 rings (SSSR count). The average Bonchev–Trinajstić information content (AvgIpc) is 2.87. The van der Waals surface area contributed by atoms with Crippen molar-refractivity contribution in [1.82, 2.24) is 0 Å². The number of amides is 1. The second kappa shape index (κ2) is 12.9. The third-order valence-electron chi connectivity index (χ3n) is 5.06. The standard InChI is InChI=1S/C26H29N3O4S2/c1-5-24(25(30)28-21-14-13-18(31-2)16-23(21)33-4)35-19-10-8-9-17(15-19)27-26(34)29-20-11-6-7-12-22(20)32-3/h6-16,24H,5H2,1-4H3,(H,28,30)(H2,27,29,34). The Morgan fingerprint density at radius 3 is 2.31 bits per heavy atom. The Bertz CT molecular complexity index is 1170. The normalized spacial score (nSPS) is 11.2. The minimum atomic E-state index is -0.296. The van der Waals surface area contributed by atoms with Crippen LogP contribution in [-0.4, -0.2) is 37.6 Å². The van der Waals surface area contributed by atoms with Crippen LogP contribution in [0.15, 0.2) is 71.6 Å². The molecule has 35 heavy (non-hydrogen) atoms. The molecule has 0 aliphatic carbocycles. The third-order valence-corrected chi connectivity index (χ3v) is 6.62. The molecule has 184 valence electrons. The maximum Gasteiger partial charge on any atom is 0.237 e. The molecule has 0 fully saturated rings. The van der Waals surface area contributed by atoms with Crippen LogP contribution in [0.25, 0.3) is 0 Å². The van der Waals surface area contributed by atoms with Crippen molar-refractivity contribution in [2.45, 2.75) is 23.5 Å². The fourth-order valence-electron chi connectivity index (χ4n) is 3.28. The van der Waals surface area contributed by atoms with Gasteiger partial charge in [0, 0.05) is 16.6 Å². The van der Waals surface area contributed by atoms with E-state index in [0.29, 0.717) is 34.5 Å². The first kappa shape index (κ1) is 26.2. The molecule has 1 unspecified atom stereocenters. The summed E-state index contributed by atoms with van der Waals surface area (Å²) < 4.78 is 16.0. The van der Waals surface area contributed by atoms with E-state index in [4.69, 9.17) is 26.4 Å². The first-order chi connectivity index (χ1) is 17.0. The molecule has 0 saturated carbocycles. The van der Waals surface area contributed by atoms with Gasteiger partial charge < -0.3 is 30.2 Å². The summed E-state index contributed by atoms with van der Waals surface area (Å²) in [5.74, 6) is 1.79. The highest BCUT2D eigenvalue weighted by atomic mass is 32.2. The zero-order chi connectivity index (χ0) is 25.2. The van der Waals surface area contributed by atoms with Crippen LogP contribution < -0.4 is 30.2 Å². The highest BCUT2D eigenvalue weighted by Gasteiger charge is 2.20. The van der Waals surface area contributed by atoms with Crippen molar-refractivity contribution < 1.29 is 19.0 Å². The minimum Gasteiger partial charge on any atom is -0.497 e. The zero-order valence-corrected chi connectivity index (χ0v) is 21.7. The van der Waals surface area contributed by atoms with E-state index in [9.17, 15) is 4.79 Å². The van der Waals surface area contributed by atoms with Gasteiger partial charge in [0.1, 0.15) is 17.2 Å². The first-order valence-corrected chi connectivity index (χ1v) is 12.3. The molecule has 1 amide bonds. The molecule has 0 bridgehead atoms. The number of hydrogen-bond donors (Lipinski definition) is 3. The molecule has 0 radical (unpaired) electrons. The summed E-state index contributed by atoms with van der Waals surface area (Å²) in [5, 5.41) is 9.45. The predicted octanol–water partition coefficient (Wildman–Crippen LogP) is 6.03. The SMILES string of the molecule is CCC(Sc1cccc(NC(=S)Nc2ccccc2OC)c1)C(=O)Nc1ccc(OC)cc1OC. The topological polar surface area (TPSA) is 80.9 Å². The number of thioether (sulfide) groups is 1. The van der Waals surface area contributed by atoms with Crippen LogP contribution in [0.4, 0.5) is 17.1 Å². The van der Waals surface area contributed by atoms with Gasteiger partial charge in [-0.2, -0.15) is 0 Å². The number of hydrogen-bond acceptors (Lipinski definition) is 6. The molecule has 9 heteroatoms. The van der Waals surface area contributed by atoms with Crippen LogP contribution >= 0.6 is 24.0 Å². The number of nitrogens with one attached hydrogen (secondary N) is 3. The van der Waals surface area contributed by atoms with Gasteiger partial charge in [0.15, 0.2) is 5.11 Å². The molecule has 0 heterocycles. The lowest BCUT2D eigenvalue weighted by Gasteiger charge is -2.17. The Kier molecular flexibility index (Phi) is 9.63. The molecule has 3 N–H and O–H groups in total. The lowest BCUT2D eigenvalue weighted by atomic mass is 10.2. The van der Waals surface area contributed by atoms with E-state index < -0.39 is 0 Å². The summed E-state index contributed by atoms with van der Waals surface area (Å²) in [4.78, 5) is 14.0. The van der Waals surface area contributed by atoms with Crippen molar-refractivity contribution in [3.05, 3.63) is 66.7 Å². The number of carbonyl (C=O) groups excluding carboxylic acids is 1. The number of anilines is 3. The van der Waals surface area contributed by atoms with Gasteiger partial charge in [0.05, 0.1) is 38.0 Å². The summed E-state index contributed by atoms with van der Waals surface area (Å²) in [6.07, 6.45) is 0.653. The quantitative estimate of drug-likeness (QED) is 0.225. The molecule has 7 nitrogen and oxygen atoms in total. The number of methoxy groups -OCH3 is 3. The Balaban J connectivity index is 1.65. The van der Waals surface area contributed by atoms with Crippen molar-refractivity contribution in [3.8, 4) is 17.2 Å². The molecule has 0 saturated heterocycles. The Hall–Kier alpha value is -3.43. The summed E-state index contributed by atoms with van der Waals surface area (Å²) in [6.45, 7) is 1.98. The molecular formula is C26H29N3O4S2. The zero-order valence-electron chi connectivity index (χ0n) is 20.1. The van der Waals surface area contributed by atoms with Gasteiger partial charge in [-0.1, -0.05) is 25.1 Å². The van der Waals surface area contributed by atoms with Crippen molar-refractivity contribution >= 4 is 52.1 Å². The lowest BCUT2D eigenvalue weighted by Crippen LogP contribution is -2.24. The van der Waals surface area contributed by atoms with Crippen LogP contribution in [0.5, 0.6) is 17.2 Å². The molecule has 3 aromatic rings. The number of rotatable bonds is 10. The highest BCUT2D eigenvalue weighted by Crippen LogP contribution is 2.32. The van der Waals surface area contributed by atoms with Gasteiger partial charge in [-0.3, -0.25) is 4.79 Å². The molecule has 3 aromatic carbocycles.